The van der Waals surface area contributed by atoms with Crippen molar-refractivity contribution in [1.29, 1.82) is 0 Å². The van der Waals surface area contributed by atoms with Crippen LogP contribution >= 0.6 is 0 Å². The first-order valence-electron chi connectivity index (χ1n) is 13.4. The summed E-state index contributed by atoms with van der Waals surface area (Å²) < 4.78 is 48.0. The summed E-state index contributed by atoms with van der Waals surface area (Å²) in [6, 6.07) is 10.8. The Kier molecular flexibility index (Phi) is 7.74. The number of aromatic nitrogens is 1. The molecule has 3 N–H and O–H groups in total. The van der Waals surface area contributed by atoms with Crippen molar-refractivity contribution in [3.8, 4) is 17.1 Å². The van der Waals surface area contributed by atoms with Crippen molar-refractivity contribution in [3.63, 3.8) is 0 Å². The van der Waals surface area contributed by atoms with Gasteiger partial charge in [-0.1, -0.05) is 12.8 Å². The summed E-state index contributed by atoms with van der Waals surface area (Å²) in [5.41, 5.74) is 8.35. The van der Waals surface area contributed by atoms with E-state index in [1.54, 1.807) is 25.3 Å². The van der Waals surface area contributed by atoms with Gasteiger partial charge in [-0.3, -0.25) is 10.1 Å². The number of aryl methyl sites for hydroxylation is 1. The number of oxazole rings is 1. The Labute approximate surface area is 229 Å². The van der Waals surface area contributed by atoms with Crippen LogP contribution in [0.1, 0.15) is 50.0 Å². The largest absolute Gasteiger partial charge is 0.573 e. The molecule has 214 valence electrons. The number of halogens is 3. The lowest BCUT2D eigenvalue weighted by Crippen LogP contribution is -2.61. The highest BCUT2D eigenvalue weighted by atomic mass is 19.4. The van der Waals surface area contributed by atoms with Crippen LogP contribution in [-0.4, -0.2) is 41.4 Å². The first-order chi connectivity index (χ1) is 19.0. The number of nitrogens with two attached hydrogens (primary N) is 1. The Morgan fingerprint density at radius 3 is 2.65 bits per heavy atom. The predicted molar refractivity (Wildman–Crippen MR) is 143 cm³/mol. The molecule has 1 saturated carbocycles. The van der Waals surface area contributed by atoms with Gasteiger partial charge < -0.3 is 25.1 Å². The van der Waals surface area contributed by atoms with Crippen LogP contribution in [0, 0.1) is 17.0 Å². The number of nitro groups is 1. The van der Waals surface area contributed by atoms with Crippen LogP contribution in [0.4, 0.5) is 24.5 Å². The van der Waals surface area contributed by atoms with Crippen LogP contribution in [0.5, 0.6) is 5.75 Å². The van der Waals surface area contributed by atoms with E-state index in [2.05, 4.69) is 19.9 Å². The third kappa shape index (κ3) is 6.07. The predicted octanol–water partition coefficient (Wildman–Crippen LogP) is 5.81. The molecule has 1 aliphatic heterocycles. The van der Waals surface area contributed by atoms with Crippen molar-refractivity contribution < 1.29 is 27.2 Å². The molecule has 9 nitrogen and oxygen atoms in total. The summed E-state index contributed by atoms with van der Waals surface area (Å²) in [7, 11) is 0. The number of nitrogens with one attached hydrogen (secondary N) is 1. The number of alkyl halides is 3. The van der Waals surface area contributed by atoms with Gasteiger partial charge in [0.05, 0.1) is 11.1 Å². The van der Waals surface area contributed by atoms with Gasteiger partial charge in [-0.25, -0.2) is 4.98 Å². The highest BCUT2D eigenvalue weighted by Gasteiger charge is 2.44. The number of anilines is 1. The van der Waals surface area contributed by atoms with Gasteiger partial charge in [0, 0.05) is 48.6 Å². The standard InChI is InChI=1S/C28H32F3N5O4/c1-18-15-22(40-28(29,30)31)11-12-23(18)24-16-33-26(39-24)27(32)13-3-2-6-25(27)34-19-5-4-14-35(17-19)20-7-9-21(10-8-20)36(37)38/h7-12,15-16,19,25,34H,2-6,13-14,17,32H2,1H3/t19-,25?,27?/m0/s1. The van der Waals surface area contributed by atoms with Crippen molar-refractivity contribution in [2.45, 2.75) is 69.4 Å². The molecule has 2 fully saturated rings. The normalized spacial score (nSPS) is 23.7. The number of nitrogens with zero attached hydrogens (tertiary/aromatic N) is 3. The molecular formula is C28H32F3N5O4. The molecule has 0 amide bonds. The maximum Gasteiger partial charge on any atom is 0.573 e. The molecule has 1 aromatic heterocycles. The third-order valence-electron chi connectivity index (χ3n) is 7.84. The zero-order valence-corrected chi connectivity index (χ0v) is 22.1. The van der Waals surface area contributed by atoms with Crippen LogP contribution in [-0.2, 0) is 5.54 Å². The highest BCUT2D eigenvalue weighted by Crippen LogP contribution is 2.38. The molecule has 1 aliphatic carbocycles. The second kappa shape index (κ2) is 11.1. The average molecular weight is 560 g/mol. The molecule has 2 unspecified atom stereocenters. The van der Waals surface area contributed by atoms with E-state index in [0.717, 1.165) is 50.9 Å². The topological polar surface area (TPSA) is 120 Å². The van der Waals surface area contributed by atoms with Crippen molar-refractivity contribution in [3.05, 3.63) is 70.2 Å². The molecule has 1 saturated heterocycles. The van der Waals surface area contributed by atoms with E-state index in [1.165, 1.54) is 30.3 Å². The quantitative estimate of drug-likeness (QED) is 0.275. The van der Waals surface area contributed by atoms with Crippen molar-refractivity contribution in [2.75, 3.05) is 18.0 Å². The van der Waals surface area contributed by atoms with Crippen LogP contribution in [0.15, 0.2) is 53.1 Å². The van der Waals surface area contributed by atoms with Gasteiger partial charge in [0.1, 0.15) is 11.3 Å². The molecule has 2 heterocycles. The number of hydrogen-bond acceptors (Lipinski definition) is 8. The molecular weight excluding hydrogens is 527 g/mol. The molecule has 0 radical (unpaired) electrons. The van der Waals surface area contributed by atoms with E-state index in [4.69, 9.17) is 10.2 Å². The Morgan fingerprint density at radius 1 is 1.18 bits per heavy atom. The first-order valence-corrected chi connectivity index (χ1v) is 13.4. The highest BCUT2D eigenvalue weighted by molar-refractivity contribution is 5.62. The summed E-state index contributed by atoms with van der Waals surface area (Å²) in [4.78, 5) is 17.4. The summed E-state index contributed by atoms with van der Waals surface area (Å²) in [6.45, 7) is 3.29. The fraction of sp³-hybridized carbons (Fsp3) is 0.464. The maximum absolute atomic E-state index is 12.6. The van der Waals surface area contributed by atoms with Gasteiger partial charge >= 0.3 is 6.36 Å². The monoisotopic (exact) mass is 559 g/mol. The van der Waals surface area contributed by atoms with E-state index in [-0.39, 0.29) is 23.5 Å². The van der Waals surface area contributed by atoms with Gasteiger partial charge in [-0.05, 0) is 68.5 Å². The minimum Gasteiger partial charge on any atom is -0.439 e. The van der Waals surface area contributed by atoms with E-state index in [0.29, 0.717) is 29.2 Å². The third-order valence-corrected chi connectivity index (χ3v) is 7.84. The lowest BCUT2D eigenvalue weighted by atomic mass is 9.77. The second-order valence-corrected chi connectivity index (χ2v) is 10.6. The lowest BCUT2D eigenvalue weighted by molar-refractivity contribution is -0.384. The van der Waals surface area contributed by atoms with Crippen LogP contribution in [0.3, 0.4) is 0 Å². The Morgan fingerprint density at radius 2 is 1.95 bits per heavy atom. The molecule has 0 bridgehead atoms. The van der Waals surface area contributed by atoms with Crippen molar-refractivity contribution >= 4 is 11.4 Å². The number of non-ortho nitro benzene ring substituents is 1. The summed E-state index contributed by atoms with van der Waals surface area (Å²) in [6.07, 6.45) is 2.22. The maximum atomic E-state index is 12.6. The number of benzene rings is 2. The summed E-state index contributed by atoms with van der Waals surface area (Å²) >= 11 is 0. The lowest BCUT2D eigenvalue weighted by Gasteiger charge is -2.43. The number of nitro benzene ring substituents is 1. The molecule has 5 rings (SSSR count). The van der Waals surface area contributed by atoms with E-state index in [1.807, 2.05) is 0 Å². The van der Waals surface area contributed by atoms with Crippen LogP contribution in [0.25, 0.3) is 11.3 Å². The number of ether oxygens (including phenoxy) is 1. The van der Waals surface area contributed by atoms with Crippen molar-refractivity contribution in [2.24, 2.45) is 5.73 Å². The Balaban J connectivity index is 1.30. The van der Waals surface area contributed by atoms with Gasteiger partial charge in [0.2, 0.25) is 5.89 Å². The number of hydrogen-bond donors (Lipinski definition) is 2. The summed E-state index contributed by atoms with van der Waals surface area (Å²) in [5, 5.41) is 14.8. The van der Waals surface area contributed by atoms with Gasteiger partial charge in [0.15, 0.2) is 5.76 Å². The minimum absolute atomic E-state index is 0.0663. The number of piperidine rings is 1. The molecule has 3 aromatic rings. The zero-order chi connectivity index (χ0) is 28.5. The van der Waals surface area contributed by atoms with E-state index < -0.39 is 16.8 Å². The number of rotatable bonds is 7. The zero-order valence-electron chi connectivity index (χ0n) is 22.1. The molecule has 2 aliphatic rings. The van der Waals surface area contributed by atoms with E-state index in [9.17, 15) is 23.3 Å². The first kappa shape index (κ1) is 27.9. The fourth-order valence-electron chi connectivity index (χ4n) is 5.83. The molecule has 3 atom stereocenters. The Bertz CT molecular complexity index is 1350. The molecule has 12 heteroatoms. The van der Waals surface area contributed by atoms with Gasteiger partial charge in [0.25, 0.3) is 5.69 Å². The smallest absolute Gasteiger partial charge is 0.439 e. The second-order valence-electron chi connectivity index (χ2n) is 10.6. The fourth-order valence-corrected chi connectivity index (χ4v) is 5.83. The molecule has 40 heavy (non-hydrogen) atoms. The van der Waals surface area contributed by atoms with Crippen molar-refractivity contribution in [1.82, 2.24) is 10.3 Å². The van der Waals surface area contributed by atoms with E-state index >= 15 is 0 Å². The minimum atomic E-state index is -4.76. The van der Waals surface area contributed by atoms with Crippen LogP contribution < -0.4 is 20.7 Å². The van der Waals surface area contributed by atoms with Gasteiger partial charge in [-0.2, -0.15) is 0 Å². The van der Waals surface area contributed by atoms with Crippen LogP contribution in [0.2, 0.25) is 0 Å². The molecule has 2 aromatic carbocycles. The summed E-state index contributed by atoms with van der Waals surface area (Å²) in [5.74, 6) is 0.538. The molecule has 0 spiro atoms. The average Bonchev–Trinajstić information content (AvgIpc) is 3.40. The van der Waals surface area contributed by atoms with Gasteiger partial charge in [-0.15, -0.1) is 13.2 Å². The SMILES string of the molecule is Cc1cc(OC(F)(F)F)ccc1-c1cnc(C2(N)CCCCC2N[C@H]2CCCN(c3ccc([N+](=O)[O-])cc3)C2)o1. The Hall–Kier alpha value is -3.64.